The molecule has 10 heteroatoms. The van der Waals surface area contributed by atoms with Gasteiger partial charge in [-0.05, 0) is 48.0 Å². The predicted molar refractivity (Wildman–Crippen MR) is 125 cm³/mol. The lowest BCUT2D eigenvalue weighted by Gasteiger charge is -2.12. The highest BCUT2D eigenvalue weighted by Crippen LogP contribution is 2.31. The molecule has 0 spiro atoms. The van der Waals surface area contributed by atoms with Crippen molar-refractivity contribution in [1.82, 2.24) is 15.4 Å². The quantitative estimate of drug-likeness (QED) is 0.269. The minimum Gasteiger partial charge on any atom is -0.494 e. The number of nitrogens with one attached hydrogen (secondary N) is 3. The number of amides is 1. The fraction of sp³-hybridized carbons (Fsp3) is 0.0870. The third kappa shape index (κ3) is 4.79. The van der Waals surface area contributed by atoms with Gasteiger partial charge in [-0.2, -0.15) is 0 Å². The molecule has 0 saturated carbocycles. The monoisotopic (exact) mass is 444 g/mol. The first kappa shape index (κ1) is 21.5. The van der Waals surface area contributed by atoms with Gasteiger partial charge in [0.25, 0.3) is 5.91 Å². The Morgan fingerprint density at radius 1 is 1.00 bits per heavy atom. The molecule has 0 atom stereocenters. The number of nitro groups is 1. The summed E-state index contributed by atoms with van der Waals surface area (Å²) in [5, 5.41) is 16.3. The average molecular weight is 444 g/mol. The third-order valence-electron chi connectivity index (χ3n) is 4.76. The van der Waals surface area contributed by atoms with Crippen molar-refractivity contribution in [3.8, 4) is 5.75 Å². The smallest absolute Gasteiger partial charge is 0.355 e. The van der Waals surface area contributed by atoms with E-state index in [1.165, 1.54) is 0 Å². The van der Waals surface area contributed by atoms with E-state index in [9.17, 15) is 14.9 Å². The molecule has 0 bridgehead atoms. The summed E-state index contributed by atoms with van der Waals surface area (Å²) in [6.45, 7) is 2.41. The average Bonchev–Trinajstić information content (AvgIpc) is 2.83. The number of aromatic nitrogens is 2. The Labute approximate surface area is 188 Å². The van der Waals surface area contributed by atoms with Crippen LogP contribution in [-0.2, 0) is 0 Å². The zero-order valence-electron chi connectivity index (χ0n) is 17.6. The van der Waals surface area contributed by atoms with E-state index in [4.69, 9.17) is 4.74 Å². The zero-order valence-corrected chi connectivity index (χ0v) is 17.6. The van der Waals surface area contributed by atoms with Crippen molar-refractivity contribution in [3.05, 3.63) is 88.7 Å². The SMILES string of the molecule is CCOc1ccc(Nc2ncnc(NNC(=O)c3cccc4ccccc34)c2[N+](=O)[O-])cc1. The summed E-state index contributed by atoms with van der Waals surface area (Å²) in [6.07, 6.45) is 1.16. The van der Waals surface area contributed by atoms with Gasteiger partial charge in [0.15, 0.2) is 0 Å². The number of benzene rings is 3. The summed E-state index contributed by atoms with van der Waals surface area (Å²) in [6, 6.07) is 19.7. The lowest BCUT2D eigenvalue weighted by Crippen LogP contribution is -2.30. The molecule has 4 rings (SSSR count). The molecular formula is C23H20N6O4. The number of ether oxygens (including phenoxy) is 1. The normalized spacial score (nSPS) is 10.5. The maximum atomic E-state index is 12.8. The number of carbonyl (C=O) groups excluding carboxylic acids is 1. The topological polar surface area (TPSA) is 131 Å². The van der Waals surface area contributed by atoms with Crippen molar-refractivity contribution in [2.24, 2.45) is 0 Å². The first-order valence-corrected chi connectivity index (χ1v) is 10.1. The first-order chi connectivity index (χ1) is 16.1. The van der Waals surface area contributed by atoms with E-state index in [0.717, 1.165) is 17.1 Å². The van der Waals surface area contributed by atoms with Gasteiger partial charge in [-0.15, -0.1) is 0 Å². The van der Waals surface area contributed by atoms with Crippen molar-refractivity contribution in [2.75, 3.05) is 17.3 Å². The van der Waals surface area contributed by atoms with Crippen LogP contribution in [0.1, 0.15) is 17.3 Å². The number of hydrogen-bond donors (Lipinski definition) is 3. The molecule has 0 unspecified atom stereocenters. The summed E-state index contributed by atoms with van der Waals surface area (Å²) in [5.41, 5.74) is 5.63. The molecule has 166 valence electrons. The highest BCUT2D eigenvalue weighted by atomic mass is 16.6. The van der Waals surface area contributed by atoms with Gasteiger partial charge in [0.1, 0.15) is 12.1 Å². The standard InChI is InChI=1S/C23H20N6O4/c1-2-33-17-12-10-16(11-13-17)26-21-20(29(31)32)22(25-14-24-21)27-28-23(30)19-9-5-7-15-6-3-4-8-18(15)19/h3-14H,2H2,1H3,(H,28,30)(H2,24,25,26,27). The Kier molecular flexibility index (Phi) is 6.26. The highest BCUT2D eigenvalue weighted by Gasteiger charge is 2.24. The van der Waals surface area contributed by atoms with Crippen molar-refractivity contribution in [2.45, 2.75) is 6.92 Å². The molecule has 4 aromatic rings. The molecule has 0 saturated heterocycles. The van der Waals surface area contributed by atoms with E-state index in [-0.39, 0.29) is 11.6 Å². The second-order valence-corrected chi connectivity index (χ2v) is 6.86. The van der Waals surface area contributed by atoms with E-state index in [0.29, 0.717) is 23.6 Å². The van der Waals surface area contributed by atoms with Gasteiger partial charge in [-0.3, -0.25) is 25.8 Å². The van der Waals surface area contributed by atoms with Gasteiger partial charge in [0.05, 0.1) is 11.5 Å². The maximum absolute atomic E-state index is 12.8. The van der Waals surface area contributed by atoms with E-state index >= 15 is 0 Å². The van der Waals surface area contributed by atoms with Gasteiger partial charge >= 0.3 is 5.69 Å². The lowest BCUT2D eigenvalue weighted by atomic mass is 10.0. The van der Waals surface area contributed by atoms with Crippen LogP contribution in [0.2, 0.25) is 0 Å². The van der Waals surface area contributed by atoms with Crippen LogP contribution in [0.4, 0.5) is 23.0 Å². The minimum absolute atomic E-state index is 0.0268. The Balaban J connectivity index is 1.55. The van der Waals surface area contributed by atoms with E-state index in [1.54, 1.807) is 36.4 Å². The van der Waals surface area contributed by atoms with Crippen LogP contribution in [0.15, 0.2) is 73.1 Å². The summed E-state index contributed by atoms with van der Waals surface area (Å²) in [5.74, 6) is 0.0394. The highest BCUT2D eigenvalue weighted by molar-refractivity contribution is 6.07. The predicted octanol–water partition coefficient (Wildman–Crippen LogP) is 4.44. The largest absolute Gasteiger partial charge is 0.494 e. The third-order valence-corrected chi connectivity index (χ3v) is 4.76. The number of hydrogen-bond acceptors (Lipinski definition) is 8. The van der Waals surface area contributed by atoms with E-state index in [1.807, 2.05) is 37.3 Å². The van der Waals surface area contributed by atoms with Gasteiger partial charge in [0, 0.05) is 11.3 Å². The van der Waals surface area contributed by atoms with Crippen molar-refractivity contribution in [3.63, 3.8) is 0 Å². The number of anilines is 3. The molecule has 1 amide bonds. The molecule has 0 fully saturated rings. The van der Waals surface area contributed by atoms with Gasteiger partial charge in [-0.1, -0.05) is 36.4 Å². The van der Waals surface area contributed by atoms with Crippen LogP contribution in [0.3, 0.4) is 0 Å². The molecule has 0 radical (unpaired) electrons. The Bertz CT molecular complexity index is 1300. The summed E-state index contributed by atoms with van der Waals surface area (Å²) in [7, 11) is 0. The van der Waals surface area contributed by atoms with E-state index < -0.39 is 16.5 Å². The molecule has 0 aliphatic carbocycles. The van der Waals surface area contributed by atoms with Crippen LogP contribution in [0.25, 0.3) is 10.8 Å². The molecular weight excluding hydrogens is 424 g/mol. The van der Waals surface area contributed by atoms with Crippen LogP contribution in [-0.4, -0.2) is 27.4 Å². The van der Waals surface area contributed by atoms with Gasteiger partial charge < -0.3 is 10.1 Å². The molecule has 3 aromatic carbocycles. The summed E-state index contributed by atoms with van der Waals surface area (Å²) >= 11 is 0. The van der Waals surface area contributed by atoms with Crippen molar-refractivity contribution >= 4 is 39.7 Å². The fourth-order valence-corrected chi connectivity index (χ4v) is 3.28. The van der Waals surface area contributed by atoms with Crippen LogP contribution in [0, 0.1) is 10.1 Å². The first-order valence-electron chi connectivity index (χ1n) is 10.1. The summed E-state index contributed by atoms with van der Waals surface area (Å²) < 4.78 is 5.40. The minimum atomic E-state index is -0.622. The summed E-state index contributed by atoms with van der Waals surface area (Å²) in [4.78, 5) is 31.8. The molecule has 3 N–H and O–H groups in total. The number of rotatable bonds is 8. The number of nitrogens with zero attached hydrogens (tertiary/aromatic N) is 3. The fourth-order valence-electron chi connectivity index (χ4n) is 3.28. The van der Waals surface area contributed by atoms with Crippen molar-refractivity contribution in [1.29, 1.82) is 0 Å². The van der Waals surface area contributed by atoms with Crippen LogP contribution >= 0.6 is 0 Å². The second-order valence-electron chi connectivity index (χ2n) is 6.86. The van der Waals surface area contributed by atoms with Gasteiger partial charge in [-0.25, -0.2) is 9.97 Å². The molecule has 33 heavy (non-hydrogen) atoms. The molecule has 0 aliphatic heterocycles. The van der Waals surface area contributed by atoms with E-state index in [2.05, 4.69) is 26.1 Å². The maximum Gasteiger partial charge on any atom is 0.355 e. The number of hydrazine groups is 1. The lowest BCUT2D eigenvalue weighted by molar-refractivity contribution is -0.383. The Morgan fingerprint density at radius 3 is 2.48 bits per heavy atom. The second kappa shape index (κ2) is 9.60. The molecule has 0 aliphatic rings. The molecule has 1 heterocycles. The number of carbonyl (C=O) groups is 1. The number of fused-ring (bicyclic) bond motifs is 1. The molecule has 1 aromatic heterocycles. The van der Waals surface area contributed by atoms with Crippen LogP contribution in [0.5, 0.6) is 5.75 Å². The van der Waals surface area contributed by atoms with Gasteiger partial charge in [0.2, 0.25) is 11.6 Å². The Morgan fingerprint density at radius 2 is 1.73 bits per heavy atom. The van der Waals surface area contributed by atoms with Crippen molar-refractivity contribution < 1.29 is 14.5 Å². The molecule has 10 nitrogen and oxygen atoms in total. The zero-order chi connectivity index (χ0) is 23.2. The van der Waals surface area contributed by atoms with Crippen LogP contribution < -0.4 is 20.9 Å². The Hall–Kier alpha value is -4.73.